The van der Waals surface area contributed by atoms with E-state index in [2.05, 4.69) is 0 Å². The molecular formula is C10H9NOS. The number of Topliss-reactive ketones (excluding diaryl/α,β-unsaturated/α-hetero) is 1. The average molecular weight is 191 g/mol. The summed E-state index contributed by atoms with van der Waals surface area (Å²) >= 11 is 1.44. The number of hydrogen-bond donors (Lipinski definition) is 0. The molecular weight excluding hydrogens is 182 g/mol. The first kappa shape index (κ1) is 9.82. The van der Waals surface area contributed by atoms with Gasteiger partial charge >= 0.3 is 0 Å². The lowest BCUT2D eigenvalue weighted by molar-refractivity contribution is 0.101. The van der Waals surface area contributed by atoms with Crippen LogP contribution in [0.1, 0.15) is 17.3 Å². The first-order valence-corrected chi connectivity index (χ1v) is 4.83. The topological polar surface area (TPSA) is 40.9 Å². The molecule has 1 rings (SSSR count). The summed E-state index contributed by atoms with van der Waals surface area (Å²) < 4.78 is 0. The van der Waals surface area contributed by atoms with Gasteiger partial charge in [-0.25, -0.2) is 0 Å². The smallest absolute Gasteiger partial charge is 0.159 e. The highest BCUT2D eigenvalue weighted by Crippen LogP contribution is 2.18. The molecule has 0 amide bonds. The number of rotatable bonds is 3. The molecule has 0 saturated carbocycles. The summed E-state index contributed by atoms with van der Waals surface area (Å²) in [5.41, 5.74) is 0.697. The number of carbonyl (C=O) groups excluding carboxylic acids is 1. The molecule has 0 radical (unpaired) electrons. The molecule has 2 nitrogen and oxygen atoms in total. The zero-order valence-electron chi connectivity index (χ0n) is 7.28. The molecule has 0 aliphatic rings. The standard InChI is InChI=1S/C10H9NOS/c1-8(12)9-3-2-4-10(7-9)13-6-5-11/h2-4,7H,6H2,1H3. The Bertz CT molecular complexity index is 354. The van der Waals surface area contributed by atoms with Gasteiger partial charge < -0.3 is 0 Å². The maximum atomic E-state index is 11.0. The Morgan fingerprint density at radius 2 is 2.38 bits per heavy atom. The van der Waals surface area contributed by atoms with Crippen LogP contribution in [0.4, 0.5) is 0 Å². The fourth-order valence-electron chi connectivity index (χ4n) is 0.920. The Kier molecular flexibility index (Phi) is 3.53. The van der Waals surface area contributed by atoms with E-state index >= 15 is 0 Å². The molecule has 0 heterocycles. The van der Waals surface area contributed by atoms with Crippen LogP contribution in [0.2, 0.25) is 0 Å². The zero-order valence-corrected chi connectivity index (χ0v) is 8.10. The number of ketones is 1. The molecule has 0 atom stereocenters. The molecule has 0 bridgehead atoms. The summed E-state index contributed by atoms with van der Waals surface area (Å²) in [7, 11) is 0. The van der Waals surface area contributed by atoms with Crippen LogP contribution in [-0.4, -0.2) is 11.5 Å². The van der Waals surface area contributed by atoms with Crippen LogP contribution in [-0.2, 0) is 0 Å². The van der Waals surface area contributed by atoms with Gasteiger partial charge in [-0.05, 0) is 19.1 Å². The number of nitrogens with zero attached hydrogens (tertiary/aromatic N) is 1. The predicted molar refractivity (Wildman–Crippen MR) is 52.8 cm³/mol. The van der Waals surface area contributed by atoms with E-state index in [9.17, 15) is 4.79 Å². The van der Waals surface area contributed by atoms with Crippen molar-refractivity contribution in [3.63, 3.8) is 0 Å². The van der Waals surface area contributed by atoms with E-state index in [1.54, 1.807) is 6.07 Å². The summed E-state index contributed by atoms with van der Waals surface area (Å²) in [4.78, 5) is 12.0. The molecule has 0 fully saturated rings. The van der Waals surface area contributed by atoms with Crippen molar-refractivity contribution in [1.29, 1.82) is 5.26 Å². The Balaban J connectivity index is 2.80. The molecule has 1 aromatic rings. The SMILES string of the molecule is CC(=O)c1cccc(SCC#N)c1. The summed E-state index contributed by atoms with van der Waals surface area (Å²) in [5.74, 6) is 0.473. The van der Waals surface area contributed by atoms with Crippen LogP contribution in [0.3, 0.4) is 0 Å². The molecule has 0 aromatic heterocycles. The van der Waals surface area contributed by atoms with E-state index in [-0.39, 0.29) is 5.78 Å². The van der Waals surface area contributed by atoms with Crippen molar-refractivity contribution >= 4 is 17.5 Å². The van der Waals surface area contributed by atoms with Crippen molar-refractivity contribution in [1.82, 2.24) is 0 Å². The van der Waals surface area contributed by atoms with E-state index in [1.165, 1.54) is 18.7 Å². The molecule has 13 heavy (non-hydrogen) atoms. The van der Waals surface area contributed by atoms with E-state index in [0.717, 1.165) is 4.90 Å². The quantitative estimate of drug-likeness (QED) is 0.544. The molecule has 1 aromatic carbocycles. The number of nitriles is 1. The van der Waals surface area contributed by atoms with Gasteiger partial charge in [-0.2, -0.15) is 5.26 Å². The van der Waals surface area contributed by atoms with E-state index in [1.807, 2.05) is 24.3 Å². The largest absolute Gasteiger partial charge is 0.295 e. The highest BCUT2D eigenvalue weighted by molar-refractivity contribution is 7.99. The minimum Gasteiger partial charge on any atom is -0.295 e. The number of thioether (sulfide) groups is 1. The van der Waals surface area contributed by atoms with E-state index in [0.29, 0.717) is 11.3 Å². The Labute approximate surface area is 81.6 Å². The van der Waals surface area contributed by atoms with Crippen LogP contribution >= 0.6 is 11.8 Å². The number of carbonyl (C=O) groups is 1. The second-order valence-corrected chi connectivity index (χ2v) is 3.58. The van der Waals surface area contributed by atoms with Crippen LogP contribution in [0, 0.1) is 11.3 Å². The molecule has 0 N–H and O–H groups in total. The fourth-order valence-corrected chi connectivity index (χ4v) is 1.54. The van der Waals surface area contributed by atoms with Crippen molar-refractivity contribution in [3.05, 3.63) is 29.8 Å². The van der Waals surface area contributed by atoms with Crippen LogP contribution in [0.15, 0.2) is 29.2 Å². The fraction of sp³-hybridized carbons (Fsp3) is 0.200. The summed E-state index contributed by atoms with van der Waals surface area (Å²) in [6.07, 6.45) is 0. The van der Waals surface area contributed by atoms with Crippen molar-refractivity contribution in [2.75, 3.05) is 5.75 Å². The summed E-state index contributed by atoms with van der Waals surface area (Å²) in [6.45, 7) is 1.54. The third kappa shape index (κ3) is 2.92. The van der Waals surface area contributed by atoms with Crippen LogP contribution in [0.25, 0.3) is 0 Å². The van der Waals surface area contributed by atoms with Gasteiger partial charge in [0.15, 0.2) is 5.78 Å². The van der Waals surface area contributed by atoms with Crippen molar-refractivity contribution in [2.24, 2.45) is 0 Å². The second kappa shape index (κ2) is 4.68. The lowest BCUT2D eigenvalue weighted by Crippen LogP contribution is -1.91. The third-order valence-corrected chi connectivity index (χ3v) is 2.40. The average Bonchev–Trinajstić information content (AvgIpc) is 2.15. The first-order chi connectivity index (χ1) is 6.24. The molecule has 0 aliphatic heterocycles. The third-order valence-electron chi connectivity index (χ3n) is 1.54. The lowest BCUT2D eigenvalue weighted by atomic mass is 10.2. The van der Waals surface area contributed by atoms with Crippen LogP contribution < -0.4 is 0 Å². The van der Waals surface area contributed by atoms with Gasteiger partial charge in [0.05, 0.1) is 11.8 Å². The number of benzene rings is 1. The van der Waals surface area contributed by atoms with E-state index in [4.69, 9.17) is 5.26 Å². The van der Waals surface area contributed by atoms with E-state index < -0.39 is 0 Å². The minimum absolute atomic E-state index is 0.0550. The highest BCUT2D eigenvalue weighted by atomic mass is 32.2. The second-order valence-electron chi connectivity index (χ2n) is 2.53. The van der Waals surface area contributed by atoms with Gasteiger partial charge in [-0.3, -0.25) is 4.79 Å². The minimum atomic E-state index is 0.0550. The molecule has 0 unspecified atom stereocenters. The van der Waals surface area contributed by atoms with Crippen molar-refractivity contribution in [2.45, 2.75) is 11.8 Å². The molecule has 3 heteroatoms. The zero-order chi connectivity index (χ0) is 9.68. The van der Waals surface area contributed by atoms with Gasteiger partial charge in [0.1, 0.15) is 0 Å². The maximum absolute atomic E-state index is 11.0. The van der Waals surface area contributed by atoms with Gasteiger partial charge in [-0.15, -0.1) is 11.8 Å². The highest BCUT2D eigenvalue weighted by Gasteiger charge is 1.99. The predicted octanol–water partition coefficient (Wildman–Crippen LogP) is 2.50. The Morgan fingerprint density at radius 3 is 3.00 bits per heavy atom. The van der Waals surface area contributed by atoms with Crippen molar-refractivity contribution in [3.8, 4) is 6.07 Å². The summed E-state index contributed by atoms with van der Waals surface area (Å²) in [5, 5.41) is 8.37. The first-order valence-electron chi connectivity index (χ1n) is 3.85. The monoisotopic (exact) mass is 191 g/mol. The number of hydrogen-bond acceptors (Lipinski definition) is 3. The molecule has 0 spiro atoms. The van der Waals surface area contributed by atoms with Gasteiger partial charge in [0.2, 0.25) is 0 Å². The lowest BCUT2D eigenvalue weighted by Gasteiger charge is -1.99. The maximum Gasteiger partial charge on any atom is 0.159 e. The van der Waals surface area contributed by atoms with Gasteiger partial charge in [-0.1, -0.05) is 12.1 Å². The van der Waals surface area contributed by atoms with Gasteiger partial charge in [0, 0.05) is 10.5 Å². The van der Waals surface area contributed by atoms with Crippen LogP contribution in [0.5, 0.6) is 0 Å². The molecule has 0 aliphatic carbocycles. The Hall–Kier alpha value is -1.27. The molecule has 0 saturated heterocycles. The summed E-state index contributed by atoms with van der Waals surface area (Å²) in [6, 6.07) is 9.36. The normalized spacial score (nSPS) is 9.23. The van der Waals surface area contributed by atoms with Crippen molar-refractivity contribution < 1.29 is 4.79 Å². The molecule has 66 valence electrons. The van der Waals surface area contributed by atoms with Gasteiger partial charge in [0.25, 0.3) is 0 Å². The Morgan fingerprint density at radius 1 is 1.62 bits per heavy atom.